The zero-order valence-electron chi connectivity index (χ0n) is 17.9. The van der Waals surface area contributed by atoms with E-state index in [1.54, 1.807) is 12.1 Å². The second-order valence-electron chi connectivity index (χ2n) is 8.49. The molecule has 2 heterocycles. The van der Waals surface area contributed by atoms with Gasteiger partial charge in [-0.05, 0) is 47.4 Å². The van der Waals surface area contributed by atoms with Crippen LogP contribution in [-0.4, -0.2) is 62.2 Å². The number of aromatic nitrogens is 4. The number of rotatable bonds is 7. The van der Waals surface area contributed by atoms with E-state index in [4.69, 9.17) is 0 Å². The van der Waals surface area contributed by atoms with Crippen LogP contribution in [-0.2, 0) is 6.54 Å². The van der Waals surface area contributed by atoms with Gasteiger partial charge in [-0.25, -0.2) is 9.07 Å². The van der Waals surface area contributed by atoms with Crippen LogP contribution in [0.1, 0.15) is 69.3 Å². The molecule has 1 saturated heterocycles. The van der Waals surface area contributed by atoms with E-state index < -0.39 is 0 Å². The van der Waals surface area contributed by atoms with Crippen molar-refractivity contribution in [3.8, 4) is 0 Å². The molecule has 1 saturated carbocycles. The molecule has 0 spiro atoms. The molecule has 1 aliphatic carbocycles. The normalized spacial score (nSPS) is 20.1. The van der Waals surface area contributed by atoms with Crippen molar-refractivity contribution in [2.75, 3.05) is 26.2 Å². The number of tetrazole rings is 1. The van der Waals surface area contributed by atoms with Crippen LogP contribution in [0.15, 0.2) is 24.3 Å². The summed E-state index contributed by atoms with van der Waals surface area (Å²) in [7, 11) is 0. The van der Waals surface area contributed by atoms with Gasteiger partial charge in [0, 0.05) is 32.2 Å². The van der Waals surface area contributed by atoms with Gasteiger partial charge in [-0.2, -0.15) is 0 Å². The molecule has 166 valence electrons. The minimum absolute atomic E-state index is 0. The Morgan fingerprint density at radius 1 is 1.03 bits per heavy atom. The van der Waals surface area contributed by atoms with Crippen molar-refractivity contribution in [2.24, 2.45) is 0 Å². The maximum atomic E-state index is 13.2. The highest BCUT2D eigenvalue weighted by Crippen LogP contribution is 2.28. The summed E-state index contributed by atoms with van der Waals surface area (Å²) >= 11 is 0. The molecule has 2 aliphatic rings. The first kappa shape index (κ1) is 23.1. The van der Waals surface area contributed by atoms with Crippen molar-refractivity contribution in [1.82, 2.24) is 30.0 Å². The third-order valence-electron chi connectivity index (χ3n) is 6.55. The fraction of sp³-hybridized carbons (Fsp3) is 0.682. The van der Waals surface area contributed by atoms with Crippen molar-refractivity contribution in [1.29, 1.82) is 0 Å². The summed E-state index contributed by atoms with van der Waals surface area (Å²) in [5, 5.41) is 12.6. The maximum Gasteiger partial charge on any atom is 0.168 e. The lowest BCUT2D eigenvalue weighted by atomic mass is 9.93. The molecular weight excluding hydrogens is 403 g/mol. The number of benzene rings is 1. The minimum Gasteiger partial charge on any atom is -0.298 e. The van der Waals surface area contributed by atoms with Crippen LogP contribution in [0.4, 0.5) is 4.39 Å². The average molecular weight is 437 g/mol. The van der Waals surface area contributed by atoms with Gasteiger partial charge >= 0.3 is 0 Å². The molecule has 0 N–H and O–H groups in total. The van der Waals surface area contributed by atoms with Crippen molar-refractivity contribution >= 4 is 12.4 Å². The largest absolute Gasteiger partial charge is 0.298 e. The van der Waals surface area contributed by atoms with Crippen molar-refractivity contribution in [3.63, 3.8) is 0 Å². The number of hydrogen-bond donors (Lipinski definition) is 0. The molecule has 0 radical (unpaired) electrons. The van der Waals surface area contributed by atoms with Crippen LogP contribution in [0.2, 0.25) is 0 Å². The van der Waals surface area contributed by atoms with Crippen molar-refractivity contribution in [3.05, 3.63) is 41.5 Å². The first-order chi connectivity index (χ1) is 14.2. The number of nitrogens with zero attached hydrogens (tertiary/aromatic N) is 6. The third-order valence-corrected chi connectivity index (χ3v) is 6.55. The van der Waals surface area contributed by atoms with Gasteiger partial charge in [0.1, 0.15) is 5.82 Å². The zero-order valence-corrected chi connectivity index (χ0v) is 18.7. The van der Waals surface area contributed by atoms with Crippen LogP contribution >= 0.6 is 12.4 Å². The summed E-state index contributed by atoms with van der Waals surface area (Å²) in [6, 6.07) is 7.63. The Balaban J connectivity index is 0.00000256. The lowest BCUT2D eigenvalue weighted by Crippen LogP contribution is -2.51. The third kappa shape index (κ3) is 5.56. The Bertz CT molecular complexity index is 753. The van der Waals surface area contributed by atoms with E-state index in [0.717, 1.165) is 56.5 Å². The summed E-state index contributed by atoms with van der Waals surface area (Å²) in [4.78, 5) is 5.27. The van der Waals surface area contributed by atoms with Crippen molar-refractivity contribution in [2.45, 2.75) is 70.5 Å². The second-order valence-corrected chi connectivity index (χ2v) is 8.49. The Morgan fingerprint density at radius 2 is 1.73 bits per heavy atom. The highest BCUT2D eigenvalue weighted by atomic mass is 35.5. The standard InChI is InChI=1S/C22H33FN6.ClH/c1-2-6-21(28-15-13-27(14-16-28)20-7-4-3-5-8-20)22-24-25-26-29(22)17-18-9-11-19(23)12-10-18;/h9-12,20-21H,2-8,13-17H2,1H3;1H. The molecule has 1 unspecified atom stereocenters. The summed E-state index contributed by atoms with van der Waals surface area (Å²) in [6.07, 6.45) is 9.07. The van der Waals surface area contributed by atoms with Gasteiger partial charge < -0.3 is 0 Å². The Morgan fingerprint density at radius 3 is 2.40 bits per heavy atom. The number of piperazine rings is 1. The molecule has 1 aliphatic heterocycles. The van der Waals surface area contributed by atoms with Gasteiger partial charge in [0.25, 0.3) is 0 Å². The summed E-state index contributed by atoms with van der Waals surface area (Å²) < 4.78 is 15.1. The predicted octanol–water partition coefficient (Wildman–Crippen LogP) is 4.07. The number of halogens is 2. The van der Waals surface area contributed by atoms with Crippen LogP contribution < -0.4 is 0 Å². The van der Waals surface area contributed by atoms with E-state index in [1.807, 2.05) is 4.68 Å². The monoisotopic (exact) mass is 436 g/mol. The zero-order chi connectivity index (χ0) is 20.1. The second kappa shape index (κ2) is 11.2. The molecule has 2 aromatic rings. The van der Waals surface area contributed by atoms with Crippen molar-refractivity contribution < 1.29 is 4.39 Å². The fourth-order valence-corrected chi connectivity index (χ4v) is 4.93. The molecule has 1 aromatic carbocycles. The highest BCUT2D eigenvalue weighted by Gasteiger charge is 2.31. The van der Waals surface area contributed by atoms with Gasteiger partial charge in [0.15, 0.2) is 5.82 Å². The molecule has 0 bridgehead atoms. The first-order valence-electron chi connectivity index (χ1n) is 11.2. The molecule has 2 fully saturated rings. The molecule has 1 atom stereocenters. The highest BCUT2D eigenvalue weighted by molar-refractivity contribution is 5.85. The Kier molecular flexibility index (Phi) is 8.60. The quantitative estimate of drug-likeness (QED) is 0.654. The van der Waals surface area contributed by atoms with E-state index in [1.165, 1.54) is 44.2 Å². The van der Waals surface area contributed by atoms with Crippen LogP contribution in [0.5, 0.6) is 0 Å². The summed E-state index contributed by atoms with van der Waals surface area (Å²) in [5.74, 6) is 0.715. The lowest BCUT2D eigenvalue weighted by Gasteiger charge is -2.43. The van der Waals surface area contributed by atoms with E-state index >= 15 is 0 Å². The van der Waals surface area contributed by atoms with Crippen LogP contribution in [0.25, 0.3) is 0 Å². The fourth-order valence-electron chi connectivity index (χ4n) is 4.93. The van der Waals surface area contributed by atoms with Crippen LogP contribution in [0.3, 0.4) is 0 Å². The molecule has 8 heteroatoms. The molecule has 4 rings (SSSR count). The smallest absolute Gasteiger partial charge is 0.168 e. The van der Waals surface area contributed by atoms with Crippen LogP contribution in [0, 0.1) is 5.82 Å². The molecule has 30 heavy (non-hydrogen) atoms. The number of hydrogen-bond acceptors (Lipinski definition) is 5. The maximum absolute atomic E-state index is 13.2. The molecule has 0 amide bonds. The Labute approximate surface area is 185 Å². The molecule has 6 nitrogen and oxygen atoms in total. The average Bonchev–Trinajstić information content (AvgIpc) is 3.22. The van der Waals surface area contributed by atoms with Gasteiger partial charge in [-0.1, -0.05) is 44.7 Å². The van der Waals surface area contributed by atoms with Gasteiger partial charge in [-0.15, -0.1) is 17.5 Å². The first-order valence-corrected chi connectivity index (χ1v) is 11.2. The van der Waals surface area contributed by atoms with E-state index in [2.05, 4.69) is 32.2 Å². The molecule has 1 aromatic heterocycles. The van der Waals surface area contributed by atoms with E-state index in [9.17, 15) is 4.39 Å². The molecular formula is C22H34ClFN6. The van der Waals surface area contributed by atoms with Gasteiger partial charge in [0.05, 0.1) is 12.6 Å². The SMILES string of the molecule is CCCC(c1nnnn1Cc1ccc(F)cc1)N1CCN(C2CCCCC2)CC1.Cl. The minimum atomic E-state index is -0.217. The van der Waals surface area contributed by atoms with E-state index in [-0.39, 0.29) is 24.3 Å². The summed E-state index contributed by atoms with van der Waals surface area (Å²) in [6.45, 7) is 7.23. The topological polar surface area (TPSA) is 50.1 Å². The predicted molar refractivity (Wildman–Crippen MR) is 118 cm³/mol. The van der Waals surface area contributed by atoms with E-state index in [0.29, 0.717) is 6.54 Å². The van der Waals surface area contributed by atoms with Gasteiger partial charge in [-0.3, -0.25) is 9.80 Å². The summed E-state index contributed by atoms with van der Waals surface area (Å²) in [5.41, 5.74) is 1.01. The van der Waals surface area contributed by atoms with Gasteiger partial charge in [0.2, 0.25) is 0 Å². The Hall–Kier alpha value is -1.57. The lowest BCUT2D eigenvalue weighted by molar-refractivity contribution is 0.0501.